The Labute approximate surface area is 119 Å². The Kier molecular flexibility index (Phi) is 7.52. The second-order valence-electron chi connectivity index (χ2n) is 3.95. The third kappa shape index (κ3) is 4.84. The molecule has 4 nitrogen and oxygen atoms in total. The quantitative estimate of drug-likeness (QED) is 0.706. The summed E-state index contributed by atoms with van der Waals surface area (Å²) in [6.07, 6.45) is 2.05. The molecule has 0 fully saturated rings. The van der Waals surface area contributed by atoms with E-state index >= 15 is 0 Å². The summed E-state index contributed by atoms with van der Waals surface area (Å²) in [7, 11) is 3.29. The highest BCUT2D eigenvalue weighted by molar-refractivity contribution is 7.98. The lowest BCUT2D eigenvalue weighted by atomic mass is 10.1. The van der Waals surface area contributed by atoms with Gasteiger partial charge in [-0.1, -0.05) is 6.92 Å². The van der Waals surface area contributed by atoms with E-state index in [9.17, 15) is 0 Å². The van der Waals surface area contributed by atoms with E-state index in [2.05, 4.69) is 18.5 Å². The van der Waals surface area contributed by atoms with Crippen molar-refractivity contribution < 1.29 is 14.2 Å². The van der Waals surface area contributed by atoms with Gasteiger partial charge >= 0.3 is 0 Å². The first-order valence-electron chi connectivity index (χ1n) is 6.34. The number of hydrogen-bond acceptors (Lipinski definition) is 5. The smallest absolute Gasteiger partial charge is 0.203 e. The normalized spacial score (nSPS) is 10.3. The van der Waals surface area contributed by atoms with Crippen LogP contribution in [0.2, 0.25) is 0 Å². The Morgan fingerprint density at radius 2 is 1.79 bits per heavy atom. The molecule has 0 atom stereocenters. The number of rotatable bonds is 9. The molecule has 0 aliphatic rings. The average molecular weight is 285 g/mol. The summed E-state index contributed by atoms with van der Waals surface area (Å²) < 4.78 is 16.6. The van der Waals surface area contributed by atoms with Crippen LogP contribution in [0.15, 0.2) is 12.1 Å². The summed E-state index contributed by atoms with van der Waals surface area (Å²) in [6, 6.07) is 3.97. The van der Waals surface area contributed by atoms with E-state index in [4.69, 9.17) is 14.2 Å². The minimum atomic E-state index is 0.639. The lowest BCUT2D eigenvalue weighted by Crippen LogP contribution is -2.12. The minimum absolute atomic E-state index is 0.639. The molecule has 1 rings (SSSR count). The van der Waals surface area contributed by atoms with Crippen LogP contribution in [0.5, 0.6) is 17.2 Å². The number of ether oxygens (including phenoxy) is 3. The lowest BCUT2D eigenvalue weighted by molar-refractivity contribution is 0.290. The van der Waals surface area contributed by atoms with Crippen molar-refractivity contribution in [2.75, 3.05) is 39.4 Å². The minimum Gasteiger partial charge on any atom is -0.493 e. The van der Waals surface area contributed by atoms with Gasteiger partial charge < -0.3 is 19.5 Å². The molecule has 5 heteroatoms. The molecule has 1 N–H and O–H groups in total. The van der Waals surface area contributed by atoms with Gasteiger partial charge in [-0.05, 0) is 30.5 Å². The van der Waals surface area contributed by atoms with Crippen molar-refractivity contribution >= 4 is 11.8 Å². The van der Waals surface area contributed by atoms with E-state index in [0.717, 1.165) is 24.4 Å². The van der Waals surface area contributed by atoms with E-state index in [-0.39, 0.29) is 0 Å². The SMILES string of the molecule is CCNCc1cc(OC)c(OCCSC)c(OC)c1. The van der Waals surface area contributed by atoms with Crippen LogP contribution in [-0.4, -0.2) is 39.4 Å². The number of thioether (sulfide) groups is 1. The molecule has 0 amide bonds. The third-order valence-corrected chi connectivity index (χ3v) is 3.21. The van der Waals surface area contributed by atoms with Crippen LogP contribution in [0.1, 0.15) is 12.5 Å². The van der Waals surface area contributed by atoms with Gasteiger partial charge in [0.2, 0.25) is 5.75 Å². The van der Waals surface area contributed by atoms with Crippen molar-refractivity contribution in [3.8, 4) is 17.2 Å². The fourth-order valence-electron chi connectivity index (χ4n) is 1.67. The van der Waals surface area contributed by atoms with E-state index in [0.29, 0.717) is 23.9 Å². The van der Waals surface area contributed by atoms with Gasteiger partial charge in [0.25, 0.3) is 0 Å². The standard InChI is InChI=1S/C14H23NO3S/c1-5-15-10-11-8-12(16-2)14(13(9-11)17-3)18-6-7-19-4/h8-9,15H,5-7,10H2,1-4H3. The predicted octanol–water partition coefficient (Wildman–Crippen LogP) is 2.56. The molecule has 0 saturated carbocycles. The summed E-state index contributed by atoms with van der Waals surface area (Å²) in [6.45, 7) is 4.43. The van der Waals surface area contributed by atoms with Crippen LogP contribution in [0, 0.1) is 0 Å². The Balaban J connectivity index is 2.93. The first kappa shape index (κ1) is 16.0. The first-order chi connectivity index (χ1) is 9.26. The van der Waals surface area contributed by atoms with Crippen molar-refractivity contribution in [2.45, 2.75) is 13.5 Å². The highest BCUT2D eigenvalue weighted by Crippen LogP contribution is 2.38. The highest BCUT2D eigenvalue weighted by atomic mass is 32.2. The molecular formula is C14H23NO3S. The van der Waals surface area contributed by atoms with Gasteiger partial charge in [0.1, 0.15) is 0 Å². The second-order valence-corrected chi connectivity index (χ2v) is 4.94. The first-order valence-corrected chi connectivity index (χ1v) is 7.73. The van der Waals surface area contributed by atoms with Crippen LogP contribution < -0.4 is 19.5 Å². The van der Waals surface area contributed by atoms with Crippen LogP contribution in [-0.2, 0) is 6.54 Å². The molecule has 0 aliphatic heterocycles. The molecule has 19 heavy (non-hydrogen) atoms. The molecule has 0 saturated heterocycles. The van der Waals surface area contributed by atoms with E-state index in [1.165, 1.54) is 0 Å². The Morgan fingerprint density at radius 3 is 2.26 bits per heavy atom. The fraction of sp³-hybridized carbons (Fsp3) is 0.571. The topological polar surface area (TPSA) is 39.7 Å². The van der Waals surface area contributed by atoms with Gasteiger partial charge in [-0.3, -0.25) is 0 Å². The van der Waals surface area contributed by atoms with Crippen molar-refractivity contribution in [1.82, 2.24) is 5.32 Å². The zero-order valence-electron chi connectivity index (χ0n) is 12.1. The molecule has 0 heterocycles. The predicted molar refractivity (Wildman–Crippen MR) is 80.8 cm³/mol. The molecular weight excluding hydrogens is 262 g/mol. The molecule has 0 unspecified atom stereocenters. The number of hydrogen-bond donors (Lipinski definition) is 1. The largest absolute Gasteiger partial charge is 0.493 e. The molecule has 1 aromatic rings. The van der Waals surface area contributed by atoms with Gasteiger partial charge in [0.15, 0.2) is 11.5 Å². The molecule has 108 valence electrons. The van der Waals surface area contributed by atoms with E-state index in [1.807, 2.05) is 12.1 Å². The fourth-order valence-corrected chi connectivity index (χ4v) is 1.92. The van der Waals surface area contributed by atoms with Gasteiger partial charge in [0.05, 0.1) is 20.8 Å². The Bertz CT molecular complexity index is 360. The maximum Gasteiger partial charge on any atom is 0.203 e. The zero-order chi connectivity index (χ0) is 14.1. The van der Waals surface area contributed by atoms with E-state index < -0.39 is 0 Å². The maximum absolute atomic E-state index is 5.76. The number of methoxy groups -OCH3 is 2. The monoisotopic (exact) mass is 285 g/mol. The van der Waals surface area contributed by atoms with Crippen molar-refractivity contribution in [3.63, 3.8) is 0 Å². The molecule has 0 aliphatic carbocycles. The van der Waals surface area contributed by atoms with Crippen LogP contribution in [0.3, 0.4) is 0 Å². The summed E-state index contributed by atoms with van der Waals surface area (Å²) in [5.74, 6) is 3.05. The zero-order valence-corrected chi connectivity index (χ0v) is 12.9. The Morgan fingerprint density at radius 1 is 1.16 bits per heavy atom. The summed E-state index contributed by atoms with van der Waals surface area (Å²) in [5, 5.41) is 3.28. The molecule has 1 aromatic carbocycles. The maximum atomic E-state index is 5.76. The average Bonchev–Trinajstić information content (AvgIpc) is 2.45. The second kappa shape index (κ2) is 8.93. The van der Waals surface area contributed by atoms with Crippen molar-refractivity contribution in [1.29, 1.82) is 0 Å². The summed E-state index contributed by atoms with van der Waals surface area (Å²) >= 11 is 1.75. The van der Waals surface area contributed by atoms with E-state index in [1.54, 1.807) is 26.0 Å². The molecule has 0 spiro atoms. The van der Waals surface area contributed by atoms with Gasteiger partial charge in [-0.15, -0.1) is 0 Å². The Hall–Kier alpha value is -1.07. The van der Waals surface area contributed by atoms with Crippen LogP contribution in [0.25, 0.3) is 0 Å². The molecule has 0 radical (unpaired) electrons. The number of nitrogens with one attached hydrogen (secondary N) is 1. The van der Waals surface area contributed by atoms with Gasteiger partial charge in [0, 0.05) is 12.3 Å². The summed E-state index contributed by atoms with van der Waals surface area (Å²) in [5.41, 5.74) is 1.12. The number of benzene rings is 1. The molecule has 0 bridgehead atoms. The van der Waals surface area contributed by atoms with Crippen molar-refractivity contribution in [3.05, 3.63) is 17.7 Å². The lowest BCUT2D eigenvalue weighted by Gasteiger charge is -2.16. The van der Waals surface area contributed by atoms with Crippen LogP contribution in [0.4, 0.5) is 0 Å². The van der Waals surface area contributed by atoms with Gasteiger partial charge in [-0.25, -0.2) is 0 Å². The molecule has 0 aromatic heterocycles. The third-order valence-electron chi connectivity index (χ3n) is 2.63. The summed E-state index contributed by atoms with van der Waals surface area (Å²) in [4.78, 5) is 0. The highest BCUT2D eigenvalue weighted by Gasteiger charge is 2.13. The van der Waals surface area contributed by atoms with Crippen LogP contribution >= 0.6 is 11.8 Å². The van der Waals surface area contributed by atoms with Crippen molar-refractivity contribution in [2.24, 2.45) is 0 Å². The van der Waals surface area contributed by atoms with Gasteiger partial charge in [-0.2, -0.15) is 11.8 Å².